The van der Waals surface area contributed by atoms with Crippen molar-refractivity contribution in [2.45, 2.75) is 102 Å². The molecule has 0 aromatic heterocycles. The van der Waals surface area contributed by atoms with Gasteiger partial charge in [0.1, 0.15) is 24.4 Å². The molecule has 2 saturated heterocycles. The maximum Gasteiger partial charge on any atom is 0.283 e. The summed E-state index contributed by atoms with van der Waals surface area (Å²) in [5, 5.41) is 0. The summed E-state index contributed by atoms with van der Waals surface area (Å²) in [6, 6.07) is 30.4. The van der Waals surface area contributed by atoms with Crippen molar-refractivity contribution >= 4 is 0 Å². The van der Waals surface area contributed by atoms with Gasteiger partial charge in [-0.1, -0.05) is 110 Å². The summed E-state index contributed by atoms with van der Waals surface area (Å²) >= 11 is 0. The molecule has 7 nitrogen and oxygen atoms in total. The molecule has 3 aliphatic rings. The van der Waals surface area contributed by atoms with Crippen LogP contribution in [-0.4, -0.2) is 49.4 Å². The van der Waals surface area contributed by atoms with Crippen molar-refractivity contribution in [2.75, 3.05) is 6.61 Å². The van der Waals surface area contributed by atoms with Crippen LogP contribution in [0.1, 0.15) is 55.7 Å². The first-order chi connectivity index (χ1) is 20.7. The quantitative estimate of drug-likeness (QED) is 0.243. The van der Waals surface area contributed by atoms with Gasteiger partial charge in [0.25, 0.3) is 5.97 Å². The van der Waals surface area contributed by atoms with Crippen LogP contribution in [0.5, 0.6) is 0 Å². The summed E-state index contributed by atoms with van der Waals surface area (Å²) in [4.78, 5) is 0. The first-order valence-corrected chi connectivity index (χ1v) is 15.3. The van der Waals surface area contributed by atoms with E-state index in [0.29, 0.717) is 26.4 Å². The average molecular weight is 575 g/mol. The molecular weight excluding hydrogens is 532 g/mol. The van der Waals surface area contributed by atoms with Gasteiger partial charge >= 0.3 is 0 Å². The molecule has 1 aliphatic carbocycles. The molecule has 0 amide bonds. The van der Waals surface area contributed by atoms with Gasteiger partial charge in [0, 0.05) is 6.92 Å². The van der Waals surface area contributed by atoms with Crippen LogP contribution in [0.2, 0.25) is 0 Å². The highest BCUT2D eigenvalue weighted by Crippen LogP contribution is 2.41. The molecule has 0 radical (unpaired) electrons. The van der Waals surface area contributed by atoms with Gasteiger partial charge in [0.05, 0.1) is 32.5 Å². The molecule has 6 rings (SSSR count). The molecule has 224 valence electrons. The zero-order chi connectivity index (χ0) is 28.6. The minimum Gasteiger partial charge on any atom is -0.374 e. The van der Waals surface area contributed by atoms with Crippen LogP contribution in [0.3, 0.4) is 0 Å². The molecule has 3 fully saturated rings. The summed E-state index contributed by atoms with van der Waals surface area (Å²) < 4.78 is 45.4. The standard InChI is InChI=1S/C35H42O7/c1-35(40-29-20-12-5-13-21-29)41-33-32(38-24-28-18-10-4-11-19-28)31(37-23-27-16-8-3-9-17-27)30(39-34(33)42-35)25-36-22-26-14-6-2-7-15-26/h2-4,6-11,14-19,29-34H,5,12-13,20-25H2,1H3. The molecule has 0 spiro atoms. The number of ether oxygens (including phenoxy) is 7. The van der Waals surface area contributed by atoms with Gasteiger partial charge in [-0.15, -0.1) is 0 Å². The Labute approximate surface area is 249 Å². The molecule has 6 atom stereocenters. The fourth-order valence-corrected chi connectivity index (χ4v) is 6.05. The van der Waals surface area contributed by atoms with E-state index in [1.807, 2.05) is 61.5 Å². The first kappa shape index (κ1) is 29.5. The van der Waals surface area contributed by atoms with Gasteiger partial charge < -0.3 is 28.4 Å². The van der Waals surface area contributed by atoms with Crippen molar-refractivity contribution in [3.63, 3.8) is 0 Å². The van der Waals surface area contributed by atoms with Gasteiger partial charge in [-0.2, -0.15) is 0 Å². The molecule has 2 aliphatic heterocycles. The van der Waals surface area contributed by atoms with Crippen LogP contribution >= 0.6 is 0 Å². The van der Waals surface area contributed by atoms with Crippen molar-refractivity contribution in [3.8, 4) is 0 Å². The molecule has 2 heterocycles. The largest absolute Gasteiger partial charge is 0.374 e. The lowest BCUT2D eigenvalue weighted by molar-refractivity contribution is -0.361. The van der Waals surface area contributed by atoms with Crippen LogP contribution < -0.4 is 0 Å². The summed E-state index contributed by atoms with van der Waals surface area (Å²) in [5.41, 5.74) is 3.23. The van der Waals surface area contributed by atoms with Crippen molar-refractivity contribution < 1.29 is 33.2 Å². The molecule has 1 saturated carbocycles. The topological polar surface area (TPSA) is 64.6 Å². The lowest BCUT2D eigenvalue weighted by Gasteiger charge is -2.42. The summed E-state index contributed by atoms with van der Waals surface area (Å²) in [5.74, 6) is -1.23. The second kappa shape index (κ2) is 14.2. The Hall–Kier alpha value is -2.62. The Morgan fingerprint density at radius 1 is 0.667 bits per heavy atom. The number of hydrogen-bond acceptors (Lipinski definition) is 7. The third kappa shape index (κ3) is 7.66. The lowest BCUT2D eigenvalue weighted by Crippen LogP contribution is -2.59. The number of fused-ring (bicyclic) bond motifs is 1. The Kier molecular flexibility index (Phi) is 9.98. The highest BCUT2D eigenvalue weighted by Gasteiger charge is 2.58. The lowest BCUT2D eigenvalue weighted by atomic mass is 9.98. The minimum absolute atomic E-state index is 0.0997. The van der Waals surface area contributed by atoms with E-state index in [4.69, 9.17) is 33.2 Å². The smallest absolute Gasteiger partial charge is 0.283 e. The second-order valence-corrected chi connectivity index (χ2v) is 11.5. The van der Waals surface area contributed by atoms with E-state index >= 15 is 0 Å². The normalized spacial score (nSPS) is 29.8. The van der Waals surface area contributed by atoms with E-state index < -0.39 is 36.7 Å². The zero-order valence-corrected chi connectivity index (χ0v) is 24.3. The van der Waals surface area contributed by atoms with Gasteiger partial charge in [-0.05, 0) is 29.5 Å². The maximum atomic E-state index is 6.64. The van der Waals surface area contributed by atoms with Gasteiger partial charge in [0.15, 0.2) is 6.29 Å². The summed E-state index contributed by atoms with van der Waals surface area (Å²) in [7, 11) is 0. The Balaban J connectivity index is 1.23. The third-order valence-electron chi connectivity index (χ3n) is 8.17. The van der Waals surface area contributed by atoms with E-state index in [-0.39, 0.29) is 6.10 Å². The van der Waals surface area contributed by atoms with Crippen LogP contribution in [0.4, 0.5) is 0 Å². The number of hydrogen-bond donors (Lipinski definition) is 0. The van der Waals surface area contributed by atoms with Gasteiger partial charge in [0.2, 0.25) is 0 Å². The zero-order valence-electron chi connectivity index (χ0n) is 24.3. The predicted octanol–water partition coefficient (Wildman–Crippen LogP) is 6.54. The van der Waals surface area contributed by atoms with Crippen LogP contribution in [0.15, 0.2) is 91.0 Å². The molecule has 42 heavy (non-hydrogen) atoms. The van der Waals surface area contributed by atoms with Crippen molar-refractivity contribution in [3.05, 3.63) is 108 Å². The van der Waals surface area contributed by atoms with E-state index in [9.17, 15) is 0 Å². The highest BCUT2D eigenvalue weighted by atomic mass is 16.9. The second-order valence-electron chi connectivity index (χ2n) is 11.5. The SMILES string of the molecule is CC1(OC2CCCCC2)OC2OC(COCc3ccccc3)C(OCc3ccccc3)C(OCc3ccccc3)C2O1. The van der Waals surface area contributed by atoms with Crippen molar-refractivity contribution in [1.82, 2.24) is 0 Å². The molecule has 3 aromatic carbocycles. The summed E-state index contributed by atoms with van der Waals surface area (Å²) in [6.45, 7) is 3.44. The molecule has 6 unspecified atom stereocenters. The minimum atomic E-state index is -1.23. The van der Waals surface area contributed by atoms with Crippen LogP contribution in [-0.2, 0) is 53.0 Å². The van der Waals surface area contributed by atoms with E-state index in [0.717, 1.165) is 42.4 Å². The van der Waals surface area contributed by atoms with Crippen LogP contribution in [0, 0.1) is 0 Å². The van der Waals surface area contributed by atoms with Gasteiger partial charge in [-0.3, -0.25) is 4.74 Å². The first-order valence-electron chi connectivity index (χ1n) is 15.3. The van der Waals surface area contributed by atoms with E-state index in [1.165, 1.54) is 6.42 Å². The highest BCUT2D eigenvalue weighted by molar-refractivity contribution is 5.15. The van der Waals surface area contributed by atoms with E-state index in [2.05, 4.69) is 36.4 Å². The van der Waals surface area contributed by atoms with E-state index in [1.54, 1.807) is 0 Å². The van der Waals surface area contributed by atoms with Gasteiger partial charge in [-0.25, -0.2) is 0 Å². The van der Waals surface area contributed by atoms with Crippen molar-refractivity contribution in [1.29, 1.82) is 0 Å². The fourth-order valence-electron chi connectivity index (χ4n) is 6.05. The summed E-state index contributed by atoms with van der Waals surface area (Å²) in [6.07, 6.45) is 3.06. The number of benzene rings is 3. The molecule has 0 bridgehead atoms. The third-order valence-corrected chi connectivity index (χ3v) is 8.17. The molecular formula is C35H42O7. The fraction of sp³-hybridized carbons (Fsp3) is 0.486. The maximum absolute atomic E-state index is 6.64. The van der Waals surface area contributed by atoms with Crippen molar-refractivity contribution in [2.24, 2.45) is 0 Å². The predicted molar refractivity (Wildman–Crippen MR) is 157 cm³/mol. The molecule has 7 heteroatoms. The number of rotatable bonds is 12. The Morgan fingerprint density at radius 2 is 1.21 bits per heavy atom. The molecule has 3 aromatic rings. The van der Waals surface area contributed by atoms with Crippen LogP contribution in [0.25, 0.3) is 0 Å². The Morgan fingerprint density at radius 3 is 1.81 bits per heavy atom. The monoisotopic (exact) mass is 574 g/mol. The molecule has 0 N–H and O–H groups in total. The average Bonchev–Trinajstić information content (AvgIpc) is 3.36. The Bertz CT molecular complexity index is 1200.